The second-order valence-corrected chi connectivity index (χ2v) is 6.36. The summed E-state index contributed by atoms with van der Waals surface area (Å²) in [6.07, 6.45) is 5.21. The van der Waals surface area contributed by atoms with E-state index in [1.165, 1.54) is 48.8 Å². The summed E-state index contributed by atoms with van der Waals surface area (Å²) in [5.41, 5.74) is 4.44. The lowest BCUT2D eigenvalue weighted by Crippen LogP contribution is -2.37. The zero-order chi connectivity index (χ0) is 17.3. The first-order valence-corrected chi connectivity index (χ1v) is 8.34. The molecule has 6 nitrogen and oxygen atoms in total. The number of aromatic nitrogens is 1. The number of rotatable bonds is 2. The fraction of sp³-hybridized carbons (Fsp3) is 0.444. The van der Waals surface area contributed by atoms with Gasteiger partial charge in [0.15, 0.2) is 0 Å². The molecule has 0 saturated carbocycles. The van der Waals surface area contributed by atoms with Gasteiger partial charge in [-0.15, -0.1) is 0 Å². The van der Waals surface area contributed by atoms with Gasteiger partial charge >= 0.3 is 11.9 Å². The normalized spacial score (nSPS) is 21.9. The lowest BCUT2D eigenvalue weighted by atomic mass is 9.97. The highest BCUT2D eigenvalue weighted by molar-refractivity contribution is 6.27. The summed E-state index contributed by atoms with van der Waals surface area (Å²) in [5, 5.41) is 16.2. The zero-order valence-electron chi connectivity index (χ0n) is 13.7. The summed E-state index contributed by atoms with van der Waals surface area (Å²) >= 11 is 0. The van der Waals surface area contributed by atoms with Gasteiger partial charge < -0.3 is 15.2 Å². The summed E-state index contributed by atoms with van der Waals surface area (Å²) in [6, 6.07) is 10.3. The summed E-state index contributed by atoms with van der Waals surface area (Å²) in [6.45, 7) is 3.55. The zero-order valence-corrected chi connectivity index (χ0v) is 13.7. The van der Waals surface area contributed by atoms with Crippen LogP contribution in [0.2, 0.25) is 0 Å². The Morgan fingerprint density at radius 3 is 2.58 bits per heavy atom. The highest BCUT2D eigenvalue weighted by atomic mass is 16.4. The average molecular weight is 330 g/mol. The molecule has 128 valence electrons. The molecule has 1 aromatic carbocycles. The quantitative estimate of drug-likeness (QED) is 0.736. The maximum absolute atomic E-state index is 9.10. The average Bonchev–Trinajstić information content (AvgIpc) is 3.05. The molecule has 0 amide bonds. The Morgan fingerprint density at radius 2 is 1.92 bits per heavy atom. The van der Waals surface area contributed by atoms with Crippen LogP contribution in [-0.4, -0.2) is 44.6 Å². The van der Waals surface area contributed by atoms with E-state index in [1.807, 2.05) is 0 Å². The van der Waals surface area contributed by atoms with Gasteiger partial charge in [0.25, 0.3) is 0 Å². The second kappa shape index (κ2) is 6.65. The number of carboxylic acids is 2. The number of carbonyl (C=O) groups is 2. The minimum atomic E-state index is -1.82. The monoisotopic (exact) mass is 330 g/mol. The summed E-state index contributed by atoms with van der Waals surface area (Å²) in [4.78, 5) is 24.6. The molecule has 2 atom stereocenters. The molecule has 1 fully saturated rings. The van der Waals surface area contributed by atoms with E-state index in [4.69, 9.17) is 19.8 Å². The number of hydrogen-bond acceptors (Lipinski definition) is 3. The fourth-order valence-electron chi connectivity index (χ4n) is 4.06. The molecule has 24 heavy (non-hydrogen) atoms. The number of nitrogens with zero attached hydrogens (tertiary/aromatic N) is 1. The number of H-pyrrole nitrogens is 1. The van der Waals surface area contributed by atoms with Crippen molar-refractivity contribution in [2.24, 2.45) is 0 Å². The Labute approximate surface area is 140 Å². The van der Waals surface area contributed by atoms with Crippen LogP contribution in [0.1, 0.15) is 43.5 Å². The molecule has 0 spiro atoms. The van der Waals surface area contributed by atoms with E-state index in [9.17, 15) is 0 Å². The third-order valence-corrected chi connectivity index (χ3v) is 4.91. The third-order valence-electron chi connectivity index (χ3n) is 4.91. The van der Waals surface area contributed by atoms with Crippen molar-refractivity contribution in [1.29, 1.82) is 0 Å². The van der Waals surface area contributed by atoms with Crippen molar-refractivity contribution >= 4 is 22.8 Å². The molecule has 2 aliphatic heterocycles. The maximum atomic E-state index is 9.10. The summed E-state index contributed by atoms with van der Waals surface area (Å²) in [7, 11) is 0. The van der Waals surface area contributed by atoms with Crippen LogP contribution >= 0.6 is 0 Å². The van der Waals surface area contributed by atoms with Gasteiger partial charge in [0.05, 0.1) is 0 Å². The predicted molar refractivity (Wildman–Crippen MR) is 90.0 cm³/mol. The summed E-state index contributed by atoms with van der Waals surface area (Å²) < 4.78 is 0. The third kappa shape index (κ3) is 2.89. The number of hydrogen-bond donors (Lipinski definition) is 3. The van der Waals surface area contributed by atoms with Crippen molar-refractivity contribution in [3.63, 3.8) is 0 Å². The molecule has 2 aromatic rings. The number of benzene rings is 1. The van der Waals surface area contributed by atoms with Gasteiger partial charge in [-0.25, -0.2) is 9.59 Å². The van der Waals surface area contributed by atoms with Gasteiger partial charge in [-0.05, 0) is 37.4 Å². The number of aromatic amines is 1. The summed E-state index contributed by atoms with van der Waals surface area (Å²) in [5.74, 6) is -3.65. The van der Waals surface area contributed by atoms with Crippen LogP contribution in [0.4, 0.5) is 0 Å². The van der Waals surface area contributed by atoms with Crippen LogP contribution in [0.5, 0.6) is 0 Å². The van der Waals surface area contributed by atoms with E-state index in [-0.39, 0.29) is 0 Å². The topological polar surface area (TPSA) is 93.6 Å². The van der Waals surface area contributed by atoms with Crippen LogP contribution in [0.25, 0.3) is 10.9 Å². The highest BCUT2D eigenvalue weighted by Crippen LogP contribution is 2.46. The molecule has 2 unspecified atom stereocenters. The smallest absolute Gasteiger partial charge is 0.414 e. The van der Waals surface area contributed by atoms with Crippen LogP contribution in [0.15, 0.2) is 24.3 Å². The van der Waals surface area contributed by atoms with E-state index in [0.29, 0.717) is 6.04 Å². The predicted octanol–water partition coefficient (Wildman–Crippen LogP) is 2.80. The largest absolute Gasteiger partial charge is 0.473 e. The van der Waals surface area contributed by atoms with Gasteiger partial charge in [0.2, 0.25) is 0 Å². The van der Waals surface area contributed by atoms with Crippen molar-refractivity contribution in [3.8, 4) is 0 Å². The molecular formula is C18H22N2O4. The molecule has 3 heterocycles. The van der Waals surface area contributed by atoms with Gasteiger partial charge in [-0.1, -0.05) is 25.1 Å². The molecule has 0 radical (unpaired) electrons. The first-order chi connectivity index (χ1) is 11.5. The molecular weight excluding hydrogens is 308 g/mol. The van der Waals surface area contributed by atoms with Crippen LogP contribution < -0.4 is 0 Å². The van der Waals surface area contributed by atoms with Gasteiger partial charge in [0, 0.05) is 35.1 Å². The van der Waals surface area contributed by atoms with Gasteiger partial charge in [-0.2, -0.15) is 0 Å². The van der Waals surface area contributed by atoms with Crippen LogP contribution in [0, 0.1) is 0 Å². The Balaban J connectivity index is 0.000000246. The van der Waals surface area contributed by atoms with Crippen LogP contribution in [-0.2, 0) is 16.0 Å². The Bertz CT molecular complexity index is 755. The number of carboxylic acid groups (broad SMARTS) is 2. The van der Waals surface area contributed by atoms with Gasteiger partial charge in [0.1, 0.15) is 0 Å². The number of para-hydroxylation sites is 1. The number of fused-ring (bicyclic) bond motifs is 6. The fourth-order valence-corrected chi connectivity index (χ4v) is 4.06. The molecule has 1 aromatic heterocycles. The van der Waals surface area contributed by atoms with E-state index in [2.05, 4.69) is 41.1 Å². The standard InChI is InChI=1S/C16H20N2.C2H2O4/c1-2-9-18-11-7-8-15(18)16-12-5-3-4-6-13(12)17-14(16)10-11;3-1(4)2(5)6/h3-6,11,15,17H,2,7-10H2,1H3;(H,3,4)(H,5,6). The van der Waals surface area contributed by atoms with Crippen molar-refractivity contribution in [2.45, 2.75) is 44.7 Å². The van der Waals surface area contributed by atoms with E-state index >= 15 is 0 Å². The molecule has 0 aliphatic carbocycles. The van der Waals surface area contributed by atoms with Crippen molar-refractivity contribution in [1.82, 2.24) is 9.88 Å². The number of aliphatic carboxylic acids is 2. The SMILES string of the molecule is CCCN1C2CCC1c1c([nH]c3ccccc13)C2.O=C(O)C(=O)O. The van der Waals surface area contributed by atoms with Crippen molar-refractivity contribution in [3.05, 3.63) is 35.5 Å². The first-order valence-electron chi connectivity index (χ1n) is 8.34. The Morgan fingerprint density at radius 1 is 1.21 bits per heavy atom. The molecule has 3 N–H and O–H groups in total. The molecule has 6 heteroatoms. The lowest BCUT2D eigenvalue weighted by Gasteiger charge is -2.34. The Hall–Kier alpha value is -2.34. The minimum Gasteiger partial charge on any atom is -0.473 e. The molecule has 1 saturated heterocycles. The molecule has 2 aliphatic rings. The second-order valence-electron chi connectivity index (χ2n) is 6.36. The molecule has 4 rings (SSSR count). The van der Waals surface area contributed by atoms with E-state index < -0.39 is 11.9 Å². The van der Waals surface area contributed by atoms with Crippen LogP contribution in [0.3, 0.4) is 0 Å². The maximum Gasteiger partial charge on any atom is 0.414 e. The lowest BCUT2D eigenvalue weighted by molar-refractivity contribution is -0.159. The van der Waals surface area contributed by atoms with E-state index in [1.54, 1.807) is 5.56 Å². The first kappa shape index (κ1) is 16.5. The number of nitrogens with one attached hydrogen (secondary N) is 1. The minimum absolute atomic E-state index is 0.676. The molecule has 2 bridgehead atoms. The highest BCUT2D eigenvalue weighted by Gasteiger charge is 2.40. The Kier molecular flexibility index (Phi) is 4.57. The van der Waals surface area contributed by atoms with Gasteiger partial charge in [-0.3, -0.25) is 4.90 Å². The van der Waals surface area contributed by atoms with Crippen molar-refractivity contribution < 1.29 is 19.8 Å². The van der Waals surface area contributed by atoms with Crippen molar-refractivity contribution in [2.75, 3.05) is 6.54 Å². The van der Waals surface area contributed by atoms with E-state index in [0.717, 1.165) is 6.04 Å².